The average molecular weight is 297 g/mol. The quantitative estimate of drug-likeness (QED) is 0.746. The molecule has 0 aliphatic carbocycles. The summed E-state index contributed by atoms with van der Waals surface area (Å²) in [5.74, 6) is 0.699. The highest BCUT2D eigenvalue weighted by Crippen LogP contribution is 2.24. The molecule has 0 bridgehead atoms. The molecule has 2 heterocycles. The maximum Gasteiger partial charge on any atom is 0.254 e. The highest BCUT2D eigenvalue weighted by atomic mass is 79.9. The number of nitrogens with zero attached hydrogens (tertiary/aromatic N) is 2. The SMILES string of the molecule is CC1CCCN(C(=O)c2ccnc(Br)c2)C1C. The lowest BCUT2D eigenvalue weighted by atomic mass is 9.91. The van der Waals surface area contributed by atoms with Gasteiger partial charge in [0.15, 0.2) is 0 Å². The van der Waals surface area contributed by atoms with E-state index in [4.69, 9.17) is 0 Å². The first-order valence-corrected chi connectivity index (χ1v) is 6.81. The number of hydrogen-bond donors (Lipinski definition) is 0. The van der Waals surface area contributed by atoms with Crippen LogP contribution in [0.2, 0.25) is 0 Å². The van der Waals surface area contributed by atoms with E-state index in [1.54, 1.807) is 18.3 Å². The zero-order chi connectivity index (χ0) is 12.4. The van der Waals surface area contributed by atoms with E-state index < -0.39 is 0 Å². The first-order chi connectivity index (χ1) is 8.09. The molecule has 1 aliphatic heterocycles. The second kappa shape index (κ2) is 5.17. The summed E-state index contributed by atoms with van der Waals surface area (Å²) in [6.07, 6.45) is 3.98. The van der Waals surface area contributed by atoms with Crippen LogP contribution in [0.5, 0.6) is 0 Å². The van der Waals surface area contributed by atoms with Gasteiger partial charge in [0.05, 0.1) is 0 Å². The number of amides is 1. The summed E-state index contributed by atoms with van der Waals surface area (Å²) in [7, 11) is 0. The fraction of sp³-hybridized carbons (Fsp3) is 0.538. The van der Waals surface area contributed by atoms with E-state index in [0.717, 1.165) is 13.0 Å². The van der Waals surface area contributed by atoms with Crippen LogP contribution in [0.1, 0.15) is 37.0 Å². The first kappa shape index (κ1) is 12.6. The summed E-state index contributed by atoms with van der Waals surface area (Å²) < 4.78 is 0.709. The normalized spacial score (nSPS) is 24.8. The second-order valence-corrected chi connectivity index (χ2v) is 5.54. The molecule has 92 valence electrons. The Hall–Kier alpha value is -0.900. The molecule has 17 heavy (non-hydrogen) atoms. The first-order valence-electron chi connectivity index (χ1n) is 6.02. The Morgan fingerprint density at radius 3 is 3.00 bits per heavy atom. The molecular formula is C13H17BrN2O. The maximum absolute atomic E-state index is 12.4. The van der Waals surface area contributed by atoms with Gasteiger partial charge in [0, 0.05) is 24.3 Å². The van der Waals surface area contributed by atoms with Gasteiger partial charge in [-0.2, -0.15) is 0 Å². The van der Waals surface area contributed by atoms with Crippen molar-refractivity contribution in [2.24, 2.45) is 5.92 Å². The van der Waals surface area contributed by atoms with E-state index in [9.17, 15) is 4.79 Å². The third-order valence-electron chi connectivity index (χ3n) is 3.61. The van der Waals surface area contributed by atoms with Crippen LogP contribution in [0.15, 0.2) is 22.9 Å². The van der Waals surface area contributed by atoms with Crippen LogP contribution >= 0.6 is 15.9 Å². The summed E-state index contributed by atoms with van der Waals surface area (Å²) in [5.41, 5.74) is 0.716. The number of aromatic nitrogens is 1. The second-order valence-electron chi connectivity index (χ2n) is 4.73. The third kappa shape index (κ3) is 2.68. The van der Waals surface area contributed by atoms with Gasteiger partial charge in [-0.05, 0) is 53.7 Å². The molecule has 2 rings (SSSR count). The van der Waals surface area contributed by atoms with Crippen molar-refractivity contribution < 1.29 is 4.79 Å². The maximum atomic E-state index is 12.4. The van der Waals surface area contributed by atoms with E-state index in [0.29, 0.717) is 22.1 Å². The van der Waals surface area contributed by atoms with Gasteiger partial charge < -0.3 is 4.90 Å². The number of rotatable bonds is 1. The van der Waals surface area contributed by atoms with Gasteiger partial charge in [-0.25, -0.2) is 4.98 Å². The van der Waals surface area contributed by atoms with Gasteiger partial charge >= 0.3 is 0 Å². The Balaban J connectivity index is 2.19. The lowest BCUT2D eigenvalue weighted by Crippen LogP contribution is -2.46. The number of carbonyl (C=O) groups excluding carboxylic acids is 1. The van der Waals surface area contributed by atoms with Crippen LogP contribution in [0, 0.1) is 5.92 Å². The van der Waals surface area contributed by atoms with Crippen molar-refractivity contribution in [3.05, 3.63) is 28.5 Å². The highest BCUT2D eigenvalue weighted by molar-refractivity contribution is 9.10. The molecule has 0 N–H and O–H groups in total. The van der Waals surface area contributed by atoms with E-state index in [1.165, 1.54) is 6.42 Å². The fourth-order valence-electron chi connectivity index (χ4n) is 2.32. The highest BCUT2D eigenvalue weighted by Gasteiger charge is 2.28. The molecule has 0 spiro atoms. The van der Waals surface area contributed by atoms with Crippen LogP contribution in [0.25, 0.3) is 0 Å². The summed E-state index contributed by atoms with van der Waals surface area (Å²) >= 11 is 3.30. The van der Waals surface area contributed by atoms with Gasteiger partial charge in [0.25, 0.3) is 5.91 Å². The molecule has 0 radical (unpaired) electrons. The lowest BCUT2D eigenvalue weighted by Gasteiger charge is -2.38. The molecule has 1 aromatic rings. The van der Waals surface area contributed by atoms with Crippen molar-refractivity contribution in [2.75, 3.05) is 6.54 Å². The van der Waals surface area contributed by atoms with Crippen molar-refractivity contribution >= 4 is 21.8 Å². The predicted octanol–water partition coefficient (Wildman–Crippen LogP) is 3.10. The Labute approximate surface area is 110 Å². The Morgan fingerprint density at radius 1 is 1.53 bits per heavy atom. The molecule has 1 saturated heterocycles. The minimum Gasteiger partial charge on any atom is -0.336 e. The molecule has 1 amide bonds. The summed E-state index contributed by atoms with van der Waals surface area (Å²) in [4.78, 5) is 18.4. The number of carbonyl (C=O) groups is 1. The minimum absolute atomic E-state index is 0.118. The minimum atomic E-state index is 0.118. The standard InChI is InChI=1S/C13H17BrN2O/c1-9-4-3-7-16(10(9)2)13(17)11-5-6-15-12(14)8-11/h5-6,8-10H,3-4,7H2,1-2H3. The van der Waals surface area contributed by atoms with Crippen LogP contribution in [-0.2, 0) is 0 Å². The zero-order valence-corrected chi connectivity index (χ0v) is 11.8. The fourth-order valence-corrected chi connectivity index (χ4v) is 2.69. The van der Waals surface area contributed by atoms with Crippen molar-refractivity contribution in [3.8, 4) is 0 Å². The summed E-state index contributed by atoms with van der Waals surface area (Å²) in [6, 6.07) is 3.89. The van der Waals surface area contributed by atoms with Gasteiger partial charge in [-0.15, -0.1) is 0 Å². The summed E-state index contributed by atoms with van der Waals surface area (Å²) in [5, 5.41) is 0. The van der Waals surface area contributed by atoms with Crippen molar-refractivity contribution in [1.29, 1.82) is 0 Å². The molecular weight excluding hydrogens is 280 g/mol. The molecule has 0 saturated carbocycles. The molecule has 1 fully saturated rings. The number of hydrogen-bond acceptors (Lipinski definition) is 2. The number of pyridine rings is 1. The van der Waals surface area contributed by atoms with Gasteiger partial charge in [-0.1, -0.05) is 6.92 Å². The molecule has 0 aromatic carbocycles. The Kier molecular flexibility index (Phi) is 3.82. The molecule has 2 unspecified atom stereocenters. The van der Waals surface area contributed by atoms with Crippen LogP contribution in [-0.4, -0.2) is 28.4 Å². The summed E-state index contributed by atoms with van der Waals surface area (Å²) in [6.45, 7) is 5.22. The third-order valence-corrected chi connectivity index (χ3v) is 4.04. The Bertz CT molecular complexity index is 422. The van der Waals surface area contributed by atoms with E-state index in [-0.39, 0.29) is 5.91 Å². The lowest BCUT2D eigenvalue weighted by molar-refractivity contribution is 0.0551. The van der Waals surface area contributed by atoms with Crippen LogP contribution < -0.4 is 0 Å². The van der Waals surface area contributed by atoms with Gasteiger partial charge in [-0.3, -0.25) is 4.79 Å². The molecule has 4 heteroatoms. The molecule has 1 aromatic heterocycles. The van der Waals surface area contributed by atoms with Crippen LogP contribution in [0.3, 0.4) is 0 Å². The topological polar surface area (TPSA) is 33.2 Å². The van der Waals surface area contributed by atoms with Crippen LogP contribution in [0.4, 0.5) is 0 Å². The van der Waals surface area contributed by atoms with E-state index in [1.807, 2.05) is 4.90 Å². The number of halogens is 1. The smallest absolute Gasteiger partial charge is 0.254 e. The zero-order valence-electron chi connectivity index (χ0n) is 10.2. The molecule has 2 atom stereocenters. The van der Waals surface area contributed by atoms with Crippen molar-refractivity contribution in [1.82, 2.24) is 9.88 Å². The largest absolute Gasteiger partial charge is 0.336 e. The molecule has 3 nitrogen and oxygen atoms in total. The van der Waals surface area contributed by atoms with Crippen molar-refractivity contribution in [2.45, 2.75) is 32.7 Å². The molecule has 1 aliphatic rings. The van der Waals surface area contributed by atoms with E-state index >= 15 is 0 Å². The van der Waals surface area contributed by atoms with E-state index in [2.05, 4.69) is 34.8 Å². The monoisotopic (exact) mass is 296 g/mol. The van der Waals surface area contributed by atoms with Gasteiger partial charge in [0.2, 0.25) is 0 Å². The van der Waals surface area contributed by atoms with Crippen molar-refractivity contribution in [3.63, 3.8) is 0 Å². The number of piperidine rings is 1. The Morgan fingerprint density at radius 2 is 2.29 bits per heavy atom. The number of likely N-dealkylation sites (tertiary alicyclic amines) is 1. The predicted molar refractivity (Wildman–Crippen MR) is 70.8 cm³/mol. The average Bonchev–Trinajstić information content (AvgIpc) is 2.32. The van der Waals surface area contributed by atoms with Gasteiger partial charge in [0.1, 0.15) is 4.60 Å².